The molecule has 0 aliphatic rings. The molecule has 0 saturated carbocycles. The van der Waals surface area contributed by atoms with Gasteiger partial charge in [0.1, 0.15) is 0 Å². The molecule has 22 heavy (non-hydrogen) atoms. The molecule has 2 aromatic rings. The summed E-state index contributed by atoms with van der Waals surface area (Å²) < 4.78 is 21.0. The Bertz CT molecular complexity index is 707. The fourth-order valence-electron chi connectivity index (χ4n) is 2.61. The number of fused-ring (bicyclic) bond motifs is 1. The van der Waals surface area contributed by atoms with E-state index in [4.69, 9.17) is 4.74 Å². The van der Waals surface area contributed by atoms with Crippen LogP contribution in [-0.4, -0.2) is 48.3 Å². The van der Waals surface area contributed by atoms with Gasteiger partial charge in [-0.1, -0.05) is 0 Å². The lowest BCUT2D eigenvalue weighted by Crippen LogP contribution is -2.19. The van der Waals surface area contributed by atoms with E-state index in [-0.39, 0.29) is 6.42 Å². The second kappa shape index (κ2) is 6.36. The number of benzene rings is 1. The second-order valence-corrected chi connectivity index (χ2v) is 5.56. The molecule has 0 atom stereocenters. The van der Waals surface area contributed by atoms with E-state index in [1.807, 2.05) is 30.5 Å². The fraction of sp³-hybridized carbons (Fsp3) is 0.438. The van der Waals surface area contributed by atoms with Gasteiger partial charge < -0.3 is 19.3 Å². The van der Waals surface area contributed by atoms with Crippen LogP contribution < -0.4 is 0 Å². The van der Waals surface area contributed by atoms with Crippen molar-refractivity contribution >= 4 is 16.9 Å². The minimum absolute atomic E-state index is 0.0197. The Morgan fingerprint density at radius 3 is 2.68 bits per heavy atom. The number of methoxy groups -OCH3 is 1. The molecule has 0 fully saturated rings. The third-order valence-corrected chi connectivity index (χ3v) is 3.85. The van der Waals surface area contributed by atoms with Crippen LogP contribution in [0.25, 0.3) is 10.9 Å². The molecule has 120 valence electrons. The van der Waals surface area contributed by atoms with Gasteiger partial charge in [0.15, 0.2) is 11.6 Å². The van der Waals surface area contributed by atoms with Gasteiger partial charge in [0.25, 0.3) is 0 Å². The number of phenols is 1. The summed E-state index contributed by atoms with van der Waals surface area (Å²) in [4.78, 5) is 13.7. The van der Waals surface area contributed by atoms with E-state index < -0.39 is 17.5 Å². The normalized spacial score (nSPS) is 11.4. The molecule has 0 aliphatic carbocycles. The third kappa shape index (κ3) is 2.92. The number of esters is 1. The van der Waals surface area contributed by atoms with Gasteiger partial charge >= 0.3 is 5.97 Å². The van der Waals surface area contributed by atoms with E-state index in [0.29, 0.717) is 23.0 Å². The molecule has 0 unspecified atom stereocenters. The Kier molecular flexibility index (Phi) is 4.71. The number of hydrogen-bond donors (Lipinski definition) is 1. The molecular formula is C16H21FN2O3. The maximum Gasteiger partial charge on any atom is 0.310 e. The quantitative estimate of drug-likeness (QED) is 0.859. The van der Waals surface area contributed by atoms with E-state index in [0.717, 1.165) is 12.2 Å². The summed E-state index contributed by atoms with van der Waals surface area (Å²) in [5.41, 5.74) is 2.05. The predicted molar refractivity (Wildman–Crippen MR) is 82.6 cm³/mol. The van der Waals surface area contributed by atoms with Crippen LogP contribution in [0.2, 0.25) is 0 Å². The summed E-state index contributed by atoms with van der Waals surface area (Å²) in [5, 5.41) is 9.94. The highest BCUT2D eigenvalue weighted by molar-refractivity contribution is 5.91. The van der Waals surface area contributed by atoms with Gasteiger partial charge in [-0.25, -0.2) is 4.39 Å². The number of carbonyl (C=O) groups excluding carboxylic acids is 1. The van der Waals surface area contributed by atoms with Gasteiger partial charge in [0, 0.05) is 24.2 Å². The first-order valence-electron chi connectivity index (χ1n) is 7.07. The average molecular weight is 308 g/mol. The van der Waals surface area contributed by atoms with Crippen LogP contribution in [0.3, 0.4) is 0 Å². The maximum atomic E-state index is 14.4. The SMILES string of the molecule is COC(=O)Cc1c(C)n(CCN(C)C)c2ccc(O)c(F)c12. The Balaban J connectivity index is 2.63. The molecule has 0 saturated heterocycles. The summed E-state index contributed by atoms with van der Waals surface area (Å²) in [6, 6.07) is 3.02. The Morgan fingerprint density at radius 1 is 1.41 bits per heavy atom. The summed E-state index contributed by atoms with van der Waals surface area (Å²) in [7, 11) is 5.22. The van der Waals surface area contributed by atoms with Crippen molar-refractivity contribution in [2.75, 3.05) is 27.7 Å². The zero-order chi connectivity index (χ0) is 16.4. The molecule has 1 aromatic carbocycles. The number of likely N-dealkylation sites (N-methyl/N-ethyl adjacent to an activating group) is 1. The van der Waals surface area contributed by atoms with Gasteiger partial charge in [-0.3, -0.25) is 4.79 Å². The molecule has 0 bridgehead atoms. The molecule has 0 aliphatic heterocycles. The van der Waals surface area contributed by atoms with Crippen molar-refractivity contribution in [3.63, 3.8) is 0 Å². The number of nitrogens with zero attached hydrogens (tertiary/aromatic N) is 2. The van der Waals surface area contributed by atoms with Crippen LogP contribution in [0.5, 0.6) is 5.75 Å². The van der Waals surface area contributed by atoms with Crippen molar-refractivity contribution in [2.24, 2.45) is 0 Å². The number of hydrogen-bond acceptors (Lipinski definition) is 4. The van der Waals surface area contributed by atoms with Crippen LogP contribution in [0, 0.1) is 12.7 Å². The van der Waals surface area contributed by atoms with E-state index in [1.165, 1.54) is 13.2 Å². The van der Waals surface area contributed by atoms with Crippen molar-refractivity contribution in [2.45, 2.75) is 19.9 Å². The van der Waals surface area contributed by atoms with Gasteiger partial charge in [0.2, 0.25) is 0 Å². The van der Waals surface area contributed by atoms with E-state index in [1.54, 1.807) is 6.07 Å². The fourth-order valence-corrected chi connectivity index (χ4v) is 2.61. The van der Waals surface area contributed by atoms with E-state index in [9.17, 15) is 14.3 Å². The highest BCUT2D eigenvalue weighted by atomic mass is 19.1. The standard InChI is InChI=1S/C16H21FN2O3/c1-10-11(9-14(21)22-4)15-12(5-6-13(20)16(15)17)19(10)8-7-18(2)3/h5-6,20H,7-9H2,1-4H3. The maximum absolute atomic E-state index is 14.4. The van der Waals surface area contributed by atoms with Crippen LogP contribution in [0.1, 0.15) is 11.3 Å². The third-order valence-electron chi connectivity index (χ3n) is 3.85. The van der Waals surface area contributed by atoms with Gasteiger partial charge in [-0.15, -0.1) is 0 Å². The summed E-state index contributed by atoms with van der Waals surface area (Å²) in [6.07, 6.45) is -0.0197. The second-order valence-electron chi connectivity index (χ2n) is 5.56. The number of rotatable bonds is 5. The van der Waals surface area contributed by atoms with Crippen LogP contribution in [0.15, 0.2) is 12.1 Å². The van der Waals surface area contributed by atoms with E-state index in [2.05, 4.69) is 0 Å². The lowest BCUT2D eigenvalue weighted by molar-refractivity contribution is -0.139. The summed E-state index contributed by atoms with van der Waals surface area (Å²) in [6.45, 7) is 3.30. The number of phenolic OH excluding ortho intramolecular Hbond substituents is 1. The molecule has 0 amide bonds. The first-order valence-corrected chi connectivity index (χ1v) is 7.07. The summed E-state index contributed by atoms with van der Waals surface area (Å²) in [5.74, 6) is -1.54. The highest BCUT2D eigenvalue weighted by Gasteiger charge is 2.21. The topological polar surface area (TPSA) is 54.7 Å². The first kappa shape index (κ1) is 16.3. The van der Waals surface area contributed by atoms with Crippen molar-refractivity contribution in [1.82, 2.24) is 9.47 Å². The zero-order valence-electron chi connectivity index (χ0n) is 13.3. The Morgan fingerprint density at radius 2 is 2.09 bits per heavy atom. The molecule has 1 heterocycles. The Labute approximate surface area is 128 Å². The number of aromatic nitrogens is 1. The van der Waals surface area contributed by atoms with Crippen LogP contribution >= 0.6 is 0 Å². The molecule has 5 nitrogen and oxygen atoms in total. The van der Waals surface area contributed by atoms with Crippen molar-refractivity contribution in [1.29, 1.82) is 0 Å². The molecule has 0 spiro atoms. The number of ether oxygens (including phenoxy) is 1. The first-order chi connectivity index (χ1) is 10.4. The highest BCUT2D eigenvalue weighted by Crippen LogP contribution is 2.33. The van der Waals surface area contributed by atoms with E-state index >= 15 is 0 Å². The summed E-state index contributed by atoms with van der Waals surface area (Å²) >= 11 is 0. The molecule has 2 rings (SSSR count). The van der Waals surface area contributed by atoms with Gasteiger partial charge in [0.05, 0.1) is 19.0 Å². The van der Waals surface area contributed by atoms with Crippen molar-refractivity contribution < 1.29 is 19.0 Å². The van der Waals surface area contributed by atoms with Gasteiger partial charge in [-0.05, 0) is 38.7 Å². The predicted octanol–water partition coefficient (Wildman–Crippen LogP) is 2.07. The lowest BCUT2D eigenvalue weighted by Gasteiger charge is -2.13. The largest absolute Gasteiger partial charge is 0.505 e. The van der Waals surface area contributed by atoms with Crippen LogP contribution in [0.4, 0.5) is 4.39 Å². The molecular weight excluding hydrogens is 287 g/mol. The Hall–Kier alpha value is -2.08. The molecule has 1 aromatic heterocycles. The smallest absolute Gasteiger partial charge is 0.310 e. The molecule has 1 N–H and O–H groups in total. The lowest BCUT2D eigenvalue weighted by atomic mass is 10.1. The van der Waals surface area contributed by atoms with Crippen molar-refractivity contribution in [3.05, 3.63) is 29.2 Å². The number of carbonyl (C=O) groups is 1. The van der Waals surface area contributed by atoms with Crippen LogP contribution in [-0.2, 0) is 22.5 Å². The number of aromatic hydroxyl groups is 1. The van der Waals surface area contributed by atoms with Crippen molar-refractivity contribution in [3.8, 4) is 5.75 Å². The van der Waals surface area contributed by atoms with Gasteiger partial charge in [-0.2, -0.15) is 0 Å². The monoisotopic (exact) mass is 308 g/mol. The molecule has 0 radical (unpaired) electrons. The minimum Gasteiger partial charge on any atom is -0.505 e. The number of halogens is 1. The molecule has 6 heteroatoms. The minimum atomic E-state index is -0.692. The average Bonchev–Trinajstić information content (AvgIpc) is 2.73. The zero-order valence-corrected chi connectivity index (χ0v) is 13.3.